The van der Waals surface area contributed by atoms with Crippen LogP contribution in [0.25, 0.3) is 0 Å². The molecular formula is C18H20N4O3S. The molecule has 2 amide bonds. The van der Waals surface area contributed by atoms with Gasteiger partial charge in [0.25, 0.3) is 17.4 Å². The highest BCUT2D eigenvalue weighted by Gasteiger charge is 2.46. The van der Waals surface area contributed by atoms with Crippen LogP contribution in [0.15, 0.2) is 27.8 Å². The van der Waals surface area contributed by atoms with Crippen molar-refractivity contribution in [1.82, 2.24) is 19.4 Å². The Hall–Kier alpha value is -2.48. The van der Waals surface area contributed by atoms with Crippen LogP contribution >= 0.6 is 11.3 Å². The number of carbonyl (C=O) groups is 2. The minimum atomic E-state index is -0.258. The summed E-state index contributed by atoms with van der Waals surface area (Å²) < 4.78 is 1.50. The Labute approximate surface area is 154 Å². The van der Waals surface area contributed by atoms with Crippen molar-refractivity contribution < 1.29 is 9.59 Å². The van der Waals surface area contributed by atoms with Gasteiger partial charge < -0.3 is 14.4 Å². The van der Waals surface area contributed by atoms with Gasteiger partial charge in [0.05, 0.1) is 5.51 Å². The number of pyridine rings is 1. The molecule has 0 aliphatic carbocycles. The monoisotopic (exact) mass is 372 g/mol. The number of nitrogens with zero attached hydrogens (tertiary/aromatic N) is 4. The van der Waals surface area contributed by atoms with E-state index >= 15 is 0 Å². The van der Waals surface area contributed by atoms with Crippen LogP contribution in [0.2, 0.25) is 0 Å². The second kappa shape index (κ2) is 6.35. The minimum absolute atomic E-state index is 0.0281. The summed E-state index contributed by atoms with van der Waals surface area (Å²) in [4.78, 5) is 45.3. The molecule has 0 radical (unpaired) electrons. The van der Waals surface area contributed by atoms with Gasteiger partial charge >= 0.3 is 0 Å². The Morgan fingerprint density at radius 2 is 2.04 bits per heavy atom. The average molecular weight is 372 g/mol. The molecule has 0 saturated carbocycles. The van der Waals surface area contributed by atoms with Crippen LogP contribution in [0, 0.1) is 12.8 Å². The Morgan fingerprint density at radius 1 is 1.23 bits per heavy atom. The first-order chi connectivity index (χ1) is 12.5. The zero-order valence-corrected chi connectivity index (χ0v) is 15.5. The summed E-state index contributed by atoms with van der Waals surface area (Å²) >= 11 is 1.41. The summed E-state index contributed by atoms with van der Waals surface area (Å²) in [6.07, 6.45) is 0.735. The molecule has 0 aromatic carbocycles. The van der Waals surface area contributed by atoms with Crippen LogP contribution in [-0.2, 0) is 7.05 Å². The van der Waals surface area contributed by atoms with E-state index in [1.807, 2.05) is 11.8 Å². The molecule has 0 N–H and O–H groups in total. The van der Waals surface area contributed by atoms with Gasteiger partial charge in [-0.25, -0.2) is 4.98 Å². The van der Waals surface area contributed by atoms with Gasteiger partial charge in [0.2, 0.25) is 0 Å². The Morgan fingerprint density at radius 3 is 2.73 bits per heavy atom. The van der Waals surface area contributed by atoms with Crippen molar-refractivity contribution in [3.63, 3.8) is 0 Å². The van der Waals surface area contributed by atoms with E-state index in [-0.39, 0.29) is 34.9 Å². The van der Waals surface area contributed by atoms with E-state index in [4.69, 9.17) is 0 Å². The lowest BCUT2D eigenvalue weighted by molar-refractivity contribution is -0.0229. The minimum Gasteiger partial charge on any atom is -0.338 e. The molecule has 2 aromatic rings. The number of aryl methyl sites for hydroxylation is 1. The molecule has 0 unspecified atom stereocenters. The molecule has 2 aliphatic rings. The van der Waals surface area contributed by atoms with E-state index in [2.05, 4.69) is 4.98 Å². The van der Waals surface area contributed by atoms with Crippen molar-refractivity contribution in [1.29, 1.82) is 0 Å². The van der Waals surface area contributed by atoms with Gasteiger partial charge in [0.15, 0.2) is 0 Å². The maximum Gasteiger partial charge on any atom is 0.273 e. The average Bonchev–Trinajstić information content (AvgIpc) is 3.15. The van der Waals surface area contributed by atoms with Gasteiger partial charge in [-0.2, -0.15) is 0 Å². The maximum atomic E-state index is 12.8. The first-order valence-corrected chi connectivity index (χ1v) is 9.56. The molecule has 2 aromatic heterocycles. The predicted octanol–water partition coefficient (Wildman–Crippen LogP) is 1.14. The van der Waals surface area contributed by atoms with Crippen LogP contribution in [0.5, 0.6) is 0 Å². The second-order valence-electron chi connectivity index (χ2n) is 6.95. The van der Waals surface area contributed by atoms with Gasteiger partial charge in [0, 0.05) is 49.7 Å². The zero-order valence-electron chi connectivity index (χ0n) is 14.7. The van der Waals surface area contributed by atoms with Gasteiger partial charge in [-0.15, -0.1) is 11.3 Å². The fourth-order valence-electron chi connectivity index (χ4n) is 3.80. The number of aromatic nitrogens is 2. The van der Waals surface area contributed by atoms with Gasteiger partial charge in [0.1, 0.15) is 11.3 Å². The molecule has 136 valence electrons. The van der Waals surface area contributed by atoms with E-state index < -0.39 is 0 Å². The van der Waals surface area contributed by atoms with Crippen molar-refractivity contribution in [3.05, 3.63) is 50.3 Å². The summed E-state index contributed by atoms with van der Waals surface area (Å²) in [5, 5.41) is 1.77. The van der Waals surface area contributed by atoms with Crippen LogP contribution in [-0.4, -0.2) is 56.8 Å². The normalized spacial score (nSPS) is 21.9. The number of hydrogen-bond donors (Lipinski definition) is 0. The topological polar surface area (TPSA) is 75.5 Å². The molecule has 2 aliphatic heterocycles. The molecule has 4 rings (SSSR count). The highest BCUT2D eigenvalue weighted by molar-refractivity contribution is 7.07. The predicted molar refractivity (Wildman–Crippen MR) is 97.4 cm³/mol. The second-order valence-corrected chi connectivity index (χ2v) is 7.67. The van der Waals surface area contributed by atoms with Crippen LogP contribution in [0.1, 0.15) is 33.0 Å². The van der Waals surface area contributed by atoms with Gasteiger partial charge in [-0.1, -0.05) is 0 Å². The number of piperidine rings is 1. The molecule has 2 saturated heterocycles. The Kier molecular flexibility index (Phi) is 4.14. The highest BCUT2D eigenvalue weighted by Crippen LogP contribution is 2.33. The summed E-state index contributed by atoms with van der Waals surface area (Å²) in [5.41, 5.74) is 2.93. The molecule has 26 heavy (non-hydrogen) atoms. The summed E-state index contributed by atoms with van der Waals surface area (Å²) in [6.45, 7) is 3.61. The number of fused-ring (bicyclic) bond motifs is 1. The number of rotatable bonds is 2. The fraction of sp³-hybridized carbons (Fsp3) is 0.444. The summed E-state index contributed by atoms with van der Waals surface area (Å²) in [5.74, 6) is 0.0256. The fourth-order valence-corrected chi connectivity index (χ4v) is 4.33. The van der Waals surface area contributed by atoms with E-state index in [1.54, 1.807) is 35.0 Å². The number of thiazole rings is 1. The third-order valence-corrected chi connectivity index (χ3v) is 6.10. The van der Waals surface area contributed by atoms with Crippen LogP contribution < -0.4 is 5.56 Å². The highest BCUT2D eigenvalue weighted by atomic mass is 32.1. The number of hydrogen-bond acceptors (Lipinski definition) is 5. The van der Waals surface area contributed by atoms with Crippen molar-refractivity contribution >= 4 is 23.2 Å². The molecule has 2 atom stereocenters. The first-order valence-electron chi connectivity index (χ1n) is 8.62. The van der Waals surface area contributed by atoms with Crippen LogP contribution in [0.3, 0.4) is 0 Å². The molecule has 7 nitrogen and oxygen atoms in total. The zero-order chi connectivity index (χ0) is 18.4. The maximum absolute atomic E-state index is 12.8. The van der Waals surface area contributed by atoms with E-state index in [0.29, 0.717) is 25.3 Å². The number of carbonyl (C=O) groups excluding carboxylic acids is 2. The molecule has 0 spiro atoms. The Balaban J connectivity index is 1.44. The van der Waals surface area contributed by atoms with Crippen molar-refractivity contribution in [3.8, 4) is 0 Å². The van der Waals surface area contributed by atoms with Crippen molar-refractivity contribution in [2.45, 2.75) is 19.4 Å². The smallest absolute Gasteiger partial charge is 0.273 e. The lowest BCUT2D eigenvalue weighted by Crippen LogP contribution is -2.65. The van der Waals surface area contributed by atoms with E-state index in [9.17, 15) is 14.4 Å². The standard InChI is InChI=1S/C18H20N4O3S/c1-11-3-4-13(16(23)20(11)2)17(24)21-6-5-15-12(7-21)8-22(15)18(25)14-9-26-10-19-14/h3-4,9-10,12,15H,5-8H2,1-2H3/t12-,15-/m0/s1. The largest absolute Gasteiger partial charge is 0.338 e. The van der Waals surface area contributed by atoms with Crippen LogP contribution in [0.4, 0.5) is 0 Å². The van der Waals surface area contributed by atoms with Gasteiger partial charge in [-0.05, 0) is 25.5 Å². The summed E-state index contributed by atoms with van der Waals surface area (Å²) in [6, 6.07) is 3.57. The van der Waals surface area contributed by atoms with E-state index in [0.717, 1.165) is 12.1 Å². The lowest BCUT2D eigenvalue weighted by atomic mass is 9.82. The molecule has 4 heterocycles. The number of amides is 2. The number of likely N-dealkylation sites (tertiary alicyclic amines) is 2. The third-order valence-electron chi connectivity index (χ3n) is 5.51. The third kappa shape index (κ3) is 2.65. The summed E-state index contributed by atoms with van der Waals surface area (Å²) in [7, 11) is 1.68. The quantitative estimate of drug-likeness (QED) is 0.792. The molecule has 8 heteroatoms. The first kappa shape index (κ1) is 17.0. The van der Waals surface area contributed by atoms with E-state index in [1.165, 1.54) is 15.9 Å². The SMILES string of the molecule is Cc1ccc(C(=O)N2CC[C@H]3[C@@H](C2)CN3C(=O)c2cscn2)c(=O)n1C. The molecule has 2 fully saturated rings. The van der Waals surface area contributed by atoms with Crippen molar-refractivity contribution in [2.75, 3.05) is 19.6 Å². The lowest BCUT2D eigenvalue weighted by Gasteiger charge is -2.53. The van der Waals surface area contributed by atoms with Gasteiger partial charge in [-0.3, -0.25) is 14.4 Å². The Bertz CT molecular complexity index is 921. The molecular weight excluding hydrogens is 352 g/mol. The molecule has 0 bridgehead atoms. The van der Waals surface area contributed by atoms with Crippen molar-refractivity contribution in [2.24, 2.45) is 13.0 Å².